The first-order valence-corrected chi connectivity index (χ1v) is 11.9. The largest absolute Gasteiger partial charge is 0.338 e. The molecule has 3 aliphatic heterocycles. The number of hydrogen-bond donors (Lipinski definition) is 0. The van der Waals surface area contributed by atoms with Crippen LogP contribution in [0, 0.1) is 11.7 Å². The van der Waals surface area contributed by atoms with Crippen LogP contribution in [0.4, 0.5) is 14.9 Å². The molecular formula is C24H21ClFN3O3S. The van der Waals surface area contributed by atoms with Crippen molar-refractivity contribution in [2.45, 2.75) is 25.3 Å². The van der Waals surface area contributed by atoms with Gasteiger partial charge in [-0.15, -0.1) is 11.8 Å². The maximum absolute atomic E-state index is 13.7. The number of imide groups is 1. The maximum Gasteiger partial charge on any atom is 0.332 e. The lowest BCUT2D eigenvalue weighted by atomic mass is 9.89. The van der Waals surface area contributed by atoms with E-state index in [1.807, 2.05) is 0 Å². The van der Waals surface area contributed by atoms with Gasteiger partial charge in [0, 0.05) is 29.9 Å². The molecule has 0 spiro atoms. The van der Waals surface area contributed by atoms with E-state index < -0.39 is 17.3 Å². The summed E-state index contributed by atoms with van der Waals surface area (Å²) in [6.07, 6.45) is 0.594. The van der Waals surface area contributed by atoms with E-state index in [2.05, 4.69) is 0 Å². The standard InChI is InChI=1S/C24H21ClFN3O3S/c1-14(30)27-10-9-19-20(13-27)33-23-21(19)22(31)29(18-4-2-3-16(25)11-18)24(32)28(23)12-15-5-7-17(26)8-6-15/h2-8,11,21,23H,9-10,12-13H2,1H3. The molecule has 6 nitrogen and oxygen atoms in total. The number of thioether (sulfide) groups is 1. The zero-order valence-corrected chi connectivity index (χ0v) is 19.4. The third-order valence-electron chi connectivity index (χ3n) is 6.28. The molecule has 9 heteroatoms. The van der Waals surface area contributed by atoms with E-state index in [4.69, 9.17) is 11.6 Å². The van der Waals surface area contributed by atoms with Crippen LogP contribution in [0.5, 0.6) is 0 Å². The van der Waals surface area contributed by atoms with Crippen molar-refractivity contribution in [3.63, 3.8) is 0 Å². The van der Waals surface area contributed by atoms with Gasteiger partial charge in [0.15, 0.2) is 0 Å². The van der Waals surface area contributed by atoms with Crippen molar-refractivity contribution in [3.8, 4) is 0 Å². The number of nitrogens with zero attached hydrogens (tertiary/aromatic N) is 3. The van der Waals surface area contributed by atoms with E-state index in [0.717, 1.165) is 16.0 Å². The number of hydrogen-bond acceptors (Lipinski definition) is 4. The lowest BCUT2D eigenvalue weighted by molar-refractivity contribution is -0.128. The Kier molecular flexibility index (Phi) is 5.66. The SMILES string of the molecule is CC(=O)N1CCC2=C(C1)SC1C2C(=O)N(c2cccc(Cl)c2)C(=O)N1Cc1ccc(F)cc1. The van der Waals surface area contributed by atoms with Crippen molar-refractivity contribution in [2.24, 2.45) is 5.92 Å². The molecule has 0 radical (unpaired) electrons. The Balaban J connectivity index is 1.55. The molecule has 1 saturated heterocycles. The van der Waals surface area contributed by atoms with Crippen LogP contribution in [0.25, 0.3) is 0 Å². The van der Waals surface area contributed by atoms with Crippen molar-refractivity contribution in [2.75, 3.05) is 18.0 Å². The van der Waals surface area contributed by atoms with Crippen LogP contribution in [-0.2, 0) is 16.1 Å². The molecule has 2 unspecified atom stereocenters. The summed E-state index contributed by atoms with van der Waals surface area (Å²) in [4.78, 5) is 44.9. The fourth-order valence-corrected chi connectivity index (χ4v) is 6.42. The normalized spacial score (nSPS) is 22.6. The number of benzene rings is 2. The van der Waals surface area contributed by atoms with Crippen LogP contribution in [-0.4, -0.2) is 46.1 Å². The molecule has 3 heterocycles. The molecule has 5 rings (SSSR count). The first kappa shape index (κ1) is 22.0. The van der Waals surface area contributed by atoms with Crippen molar-refractivity contribution < 1.29 is 18.8 Å². The van der Waals surface area contributed by atoms with Gasteiger partial charge in [-0.2, -0.15) is 0 Å². The molecule has 3 aliphatic rings. The van der Waals surface area contributed by atoms with Crippen LogP contribution in [0.3, 0.4) is 0 Å². The molecule has 170 valence electrons. The van der Waals surface area contributed by atoms with Crippen LogP contribution < -0.4 is 4.90 Å². The quantitative estimate of drug-likeness (QED) is 0.635. The molecule has 1 fully saturated rings. The molecule has 2 atom stereocenters. The Morgan fingerprint density at radius 3 is 2.64 bits per heavy atom. The smallest absolute Gasteiger partial charge is 0.332 e. The summed E-state index contributed by atoms with van der Waals surface area (Å²) in [5, 5.41) is 0.0122. The van der Waals surface area contributed by atoms with E-state index in [1.54, 1.807) is 46.2 Å². The second-order valence-corrected chi connectivity index (χ2v) is 9.96. The van der Waals surface area contributed by atoms with Gasteiger partial charge < -0.3 is 9.80 Å². The predicted molar refractivity (Wildman–Crippen MR) is 125 cm³/mol. The summed E-state index contributed by atoms with van der Waals surface area (Å²) in [6.45, 7) is 2.77. The second kappa shape index (κ2) is 8.50. The highest BCUT2D eigenvalue weighted by Crippen LogP contribution is 2.50. The molecule has 2 aromatic carbocycles. The number of carbonyl (C=O) groups excluding carboxylic acids is 3. The molecule has 0 aliphatic carbocycles. The zero-order chi connectivity index (χ0) is 23.3. The minimum Gasteiger partial charge on any atom is -0.338 e. The van der Waals surface area contributed by atoms with Gasteiger partial charge in [0.1, 0.15) is 5.82 Å². The summed E-state index contributed by atoms with van der Waals surface area (Å²) >= 11 is 7.64. The van der Waals surface area contributed by atoms with Gasteiger partial charge in [0.2, 0.25) is 11.8 Å². The number of urea groups is 1. The number of amides is 4. The Hall–Kier alpha value is -2.84. The van der Waals surface area contributed by atoms with Gasteiger partial charge in [-0.1, -0.05) is 29.8 Å². The first-order valence-electron chi connectivity index (χ1n) is 10.6. The molecule has 0 saturated carbocycles. The minimum absolute atomic E-state index is 0.0110. The van der Waals surface area contributed by atoms with E-state index in [9.17, 15) is 18.8 Å². The van der Waals surface area contributed by atoms with Crippen molar-refractivity contribution in [3.05, 3.63) is 75.4 Å². The van der Waals surface area contributed by atoms with Gasteiger partial charge in [-0.3, -0.25) is 9.59 Å². The van der Waals surface area contributed by atoms with E-state index in [-0.39, 0.29) is 24.2 Å². The zero-order valence-electron chi connectivity index (χ0n) is 17.8. The lowest BCUT2D eigenvalue weighted by Crippen LogP contribution is -2.60. The van der Waals surface area contributed by atoms with Gasteiger partial charge in [-0.25, -0.2) is 14.1 Å². The second-order valence-electron chi connectivity index (χ2n) is 8.32. The third kappa shape index (κ3) is 3.91. The van der Waals surface area contributed by atoms with Crippen molar-refractivity contribution in [1.29, 1.82) is 0 Å². The van der Waals surface area contributed by atoms with Crippen LogP contribution >= 0.6 is 23.4 Å². The van der Waals surface area contributed by atoms with E-state index in [0.29, 0.717) is 30.2 Å². The highest BCUT2D eigenvalue weighted by Gasteiger charge is 2.53. The third-order valence-corrected chi connectivity index (χ3v) is 7.95. The molecule has 33 heavy (non-hydrogen) atoms. The highest BCUT2D eigenvalue weighted by molar-refractivity contribution is 8.04. The molecule has 0 bridgehead atoms. The average molecular weight is 486 g/mol. The Labute approximate surface area is 200 Å². The van der Waals surface area contributed by atoms with Gasteiger partial charge in [0.25, 0.3) is 0 Å². The lowest BCUT2D eigenvalue weighted by Gasteiger charge is -2.42. The van der Waals surface area contributed by atoms with Crippen LogP contribution in [0.1, 0.15) is 18.9 Å². The maximum atomic E-state index is 13.7. The average Bonchev–Trinajstić information content (AvgIpc) is 3.17. The molecular weight excluding hydrogens is 465 g/mol. The molecule has 4 amide bonds. The molecule has 0 N–H and O–H groups in total. The van der Waals surface area contributed by atoms with Crippen LogP contribution in [0.2, 0.25) is 5.02 Å². The summed E-state index contributed by atoms with van der Waals surface area (Å²) in [6, 6.07) is 12.2. The summed E-state index contributed by atoms with van der Waals surface area (Å²) in [7, 11) is 0. The van der Waals surface area contributed by atoms with E-state index in [1.165, 1.54) is 35.7 Å². The van der Waals surface area contributed by atoms with E-state index >= 15 is 0 Å². The Bertz CT molecular complexity index is 1190. The number of carbonyl (C=O) groups is 3. The highest BCUT2D eigenvalue weighted by atomic mass is 35.5. The van der Waals surface area contributed by atoms with Crippen LogP contribution in [0.15, 0.2) is 59.0 Å². The minimum atomic E-state index is -0.503. The number of rotatable bonds is 3. The van der Waals surface area contributed by atoms with Gasteiger partial charge in [-0.05, 0) is 47.9 Å². The fourth-order valence-electron chi connectivity index (χ4n) is 4.63. The summed E-state index contributed by atoms with van der Waals surface area (Å²) < 4.78 is 13.4. The molecule has 2 aromatic rings. The van der Waals surface area contributed by atoms with Crippen molar-refractivity contribution in [1.82, 2.24) is 9.80 Å². The number of halogens is 2. The van der Waals surface area contributed by atoms with Crippen molar-refractivity contribution >= 4 is 46.9 Å². The monoisotopic (exact) mass is 485 g/mol. The number of fused-ring (bicyclic) bond motifs is 2. The number of anilines is 1. The topological polar surface area (TPSA) is 60.9 Å². The fraction of sp³-hybridized carbons (Fsp3) is 0.292. The predicted octanol–water partition coefficient (Wildman–Crippen LogP) is 4.64. The molecule has 0 aromatic heterocycles. The summed E-state index contributed by atoms with van der Waals surface area (Å²) in [5.74, 6) is -1.15. The Morgan fingerprint density at radius 1 is 1.18 bits per heavy atom. The summed E-state index contributed by atoms with van der Waals surface area (Å²) in [5.41, 5.74) is 2.18. The Morgan fingerprint density at radius 2 is 1.94 bits per heavy atom. The van der Waals surface area contributed by atoms with Gasteiger partial charge >= 0.3 is 6.03 Å². The van der Waals surface area contributed by atoms with Gasteiger partial charge in [0.05, 0.1) is 23.5 Å². The first-order chi connectivity index (χ1) is 15.8.